The van der Waals surface area contributed by atoms with E-state index in [9.17, 15) is 8.42 Å². The zero-order valence-corrected chi connectivity index (χ0v) is 10.6. The van der Waals surface area contributed by atoms with Gasteiger partial charge in [0.1, 0.15) is 0 Å². The molecule has 0 saturated carbocycles. The van der Waals surface area contributed by atoms with Gasteiger partial charge >= 0.3 is 0 Å². The molecule has 0 aliphatic heterocycles. The highest BCUT2D eigenvalue weighted by Crippen LogP contribution is 2.23. The van der Waals surface area contributed by atoms with Crippen LogP contribution in [0.4, 0.5) is 0 Å². The van der Waals surface area contributed by atoms with E-state index in [1.165, 1.54) is 6.08 Å². The smallest absolute Gasteiger partial charge is 0.206 e. The van der Waals surface area contributed by atoms with Gasteiger partial charge in [-0.2, -0.15) is 0 Å². The van der Waals surface area contributed by atoms with Crippen LogP contribution in [0.25, 0.3) is 0 Å². The molecule has 0 fully saturated rings. The van der Waals surface area contributed by atoms with Crippen molar-refractivity contribution in [1.82, 2.24) is 0 Å². The zero-order valence-electron chi connectivity index (χ0n) is 9.01. The van der Waals surface area contributed by atoms with Gasteiger partial charge in [0, 0.05) is 11.5 Å². The SMILES string of the molecule is O=S(=O)(C1=CC=C(Cl)CC=C1)c1ccccc1. The van der Waals surface area contributed by atoms with Crippen molar-refractivity contribution in [2.75, 3.05) is 0 Å². The van der Waals surface area contributed by atoms with Crippen molar-refractivity contribution in [3.63, 3.8) is 0 Å². The Labute approximate surface area is 106 Å². The number of hydrogen-bond donors (Lipinski definition) is 0. The van der Waals surface area contributed by atoms with Crippen LogP contribution >= 0.6 is 11.6 Å². The average Bonchev–Trinajstić information content (AvgIpc) is 2.55. The number of allylic oxidation sites excluding steroid dienone is 5. The summed E-state index contributed by atoms with van der Waals surface area (Å²) in [5.41, 5.74) is 0. The van der Waals surface area contributed by atoms with E-state index in [1.807, 2.05) is 0 Å². The predicted octanol–water partition coefficient (Wildman–Crippen LogP) is 3.43. The minimum absolute atomic E-state index is 0.263. The van der Waals surface area contributed by atoms with Crippen LogP contribution in [-0.2, 0) is 9.84 Å². The van der Waals surface area contributed by atoms with Crippen LogP contribution in [0.2, 0.25) is 0 Å². The van der Waals surface area contributed by atoms with Gasteiger partial charge in [0.05, 0.1) is 9.80 Å². The molecule has 0 radical (unpaired) electrons. The highest BCUT2D eigenvalue weighted by molar-refractivity contribution is 7.95. The Bertz CT molecular complexity index is 596. The summed E-state index contributed by atoms with van der Waals surface area (Å²) in [7, 11) is -3.44. The number of sulfone groups is 1. The van der Waals surface area contributed by atoms with Crippen LogP contribution < -0.4 is 0 Å². The highest BCUT2D eigenvalue weighted by Gasteiger charge is 2.18. The van der Waals surface area contributed by atoms with E-state index >= 15 is 0 Å². The molecule has 0 spiro atoms. The van der Waals surface area contributed by atoms with Gasteiger partial charge in [-0.25, -0.2) is 8.42 Å². The molecule has 2 rings (SSSR count). The van der Waals surface area contributed by atoms with Crippen molar-refractivity contribution in [3.8, 4) is 0 Å². The number of benzene rings is 1. The van der Waals surface area contributed by atoms with E-state index in [2.05, 4.69) is 0 Å². The van der Waals surface area contributed by atoms with E-state index < -0.39 is 9.84 Å². The Morgan fingerprint density at radius 3 is 2.47 bits per heavy atom. The molecule has 0 N–H and O–H groups in total. The summed E-state index contributed by atoms with van der Waals surface area (Å²) in [4.78, 5) is 0.557. The topological polar surface area (TPSA) is 34.1 Å². The average molecular weight is 267 g/mol. The van der Waals surface area contributed by atoms with Gasteiger partial charge in [-0.15, -0.1) is 0 Å². The van der Waals surface area contributed by atoms with E-state index in [4.69, 9.17) is 11.6 Å². The molecule has 1 aromatic carbocycles. The van der Waals surface area contributed by atoms with E-state index in [0.717, 1.165) is 0 Å². The normalized spacial score (nSPS) is 16.1. The number of halogens is 1. The first-order valence-corrected chi connectivity index (χ1v) is 7.00. The Balaban J connectivity index is 2.48. The molecule has 88 valence electrons. The second-order valence-electron chi connectivity index (χ2n) is 3.61. The highest BCUT2D eigenvalue weighted by atomic mass is 35.5. The maximum Gasteiger partial charge on any atom is 0.206 e. The molecular formula is C13H11ClO2S. The molecule has 0 amide bonds. The Hall–Kier alpha value is -1.32. The Morgan fingerprint density at radius 1 is 1.06 bits per heavy atom. The second-order valence-corrected chi connectivity index (χ2v) is 6.04. The Morgan fingerprint density at radius 2 is 1.76 bits per heavy atom. The van der Waals surface area contributed by atoms with Gasteiger partial charge in [0.25, 0.3) is 0 Å². The minimum Gasteiger partial charge on any atom is -0.219 e. The standard InChI is InChI=1S/C13H11ClO2S/c14-11-5-4-8-13(10-9-11)17(15,16)12-6-2-1-3-7-12/h1-4,6-10H,5H2. The molecule has 0 heterocycles. The first-order chi connectivity index (χ1) is 8.10. The summed E-state index contributed by atoms with van der Waals surface area (Å²) < 4.78 is 24.5. The van der Waals surface area contributed by atoms with Gasteiger partial charge in [0.15, 0.2) is 0 Å². The molecule has 1 aliphatic rings. The number of rotatable bonds is 2. The third-order valence-electron chi connectivity index (χ3n) is 2.39. The van der Waals surface area contributed by atoms with Crippen LogP contribution in [0.1, 0.15) is 6.42 Å². The van der Waals surface area contributed by atoms with Gasteiger partial charge in [0.2, 0.25) is 9.84 Å². The lowest BCUT2D eigenvalue weighted by atomic mass is 10.4. The van der Waals surface area contributed by atoms with Gasteiger partial charge < -0.3 is 0 Å². The van der Waals surface area contributed by atoms with Crippen LogP contribution in [0, 0.1) is 0 Å². The number of hydrogen-bond acceptors (Lipinski definition) is 2. The molecule has 1 aromatic rings. The lowest BCUT2D eigenvalue weighted by molar-refractivity contribution is 0.603. The second kappa shape index (κ2) is 4.90. The third-order valence-corrected chi connectivity index (χ3v) is 4.45. The third kappa shape index (κ3) is 2.68. The molecule has 0 bridgehead atoms. The van der Waals surface area contributed by atoms with Crippen molar-refractivity contribution in [3.05, 3.63) is 64.6 Å². The zero-order chi connectivity index (χ0) is 12.3. The van der Waals surface area contributed by atoms with Crippen LogP contribution in [0.15, 0.2) is 69.5 Å². The maximum atomic E-state index is 12.3. The quantitative estimate of drug-likeness (QED) is 0.822. The van der Waals surface area contributed by atoms with Crippen molar-refractivity contribution in [1.29, 1.82) is 0 Å². The van der Waals surface area contributed by atoms with Crippen molar-refractivity contribution >= 4 is 21.4 Å². The fraction of sp³-hybridized carbons (Fsp3) is 0.0769. The first-order valence-electron chi connectivity index (χ1n) is 5.14. The summed E-state index contributed by atoms with van der Waals surface area (Å²) in [6, 6.07) is 8.36. The lowest BCUT2D eigenvalue weighted by Gasteiger charge is -2.03. The molecule has 0 atom stereocenters. The van der Waals surface area contributed by atoms with Crippen molar-refractivity contribution in [2.24, 2.45) is 0 Å². The summed E-state index contributed by atoms with van der Waals surface area (Å²) in [6.07, 6.45) is 7.06. The van der Waals surface area contributed by atoms with E-state index in [-0.39, 0.29) is 4.91 Å². The maximum absolute atomic E-state index is 12.3. The molecule has 1 aliphatic carbocycles. The fourth-order valence-electron chi connectivity index (χ4n) is 1.50. The van der Waals surface area contributed by atoms with Crippen molar-refractivity contribution in [2.45, 2.75) is 11.3 Å². The van der Waals surface area contributed by atoms with Crippen LogP contribution in [-0.4, -0.2) is 8.42 Å². The largest absolute Gasteiger partial charge is 0.219 e. The molecule has 4 heteroatoms. The summed E-state index contributed by atoms with van der Waals surface area (Å²) in [5.74, 6) is 0. The molecule has 0 unspecified atom stereocenters. The molecular weight excluding hydrogens is 256 g/mol. The predicted molar refractivity (Wildman–Crippen MR) is 69.4 cm³/mol. The van der Waals surface area contributed by atoms with Gasteiger partial charge in [-0.05, 0) is 30.4 Å². The molecule has 0 saturated heterocycles. The summed E-state index contributed by atoms with van der Waals surface area (Å²) in [6.45, 7) is 0. The molecule has 17 heavy (non-hydrogen) atoms. The van der Waals surface area contributed by atoms with E-state index in [1.54, 1.807) is 48.6 Å². The van der Waals surface area contributed by atoms with E-state index in [0.29, 0.717) is 16.3 Å². The monoisotopic (exact) mass is 266 g/mol. The summed E-state index contributed by atoms with van der Waals surface area (Å²) >= 11 is 5.85. The summed E-state index contributed by atoms with van der Waals surface area (Å²) in [5, 5.41) is 0.625. The van der Waals surface area contributed by atoms with Crippen molar-refractivity contribution < 1.29 is 8.42 Å². The first kappa shape index (κ1) is 12.1. The van der Waals surface area contributed by atoms with Gasteiger partial charge in [-0.1, -0.05) is 35.9 Å². The van der Waals surface area contributed by atoms with Gasteiger partial charge in [-0.3, -0.25) is 0 Å². The fourth-order valence-corrected chi connectivity index (χ4v) is 2.96. The molecule has 2 nitrogen and oxygen atoms in total. The van der Waals surface area contributed by atoms with Crippen LogP contribution in [0.3, 0.4) is 0 Å². The van der Waals surface area contributed by atoms with Crippen LogP contribution in [0.5, 0.6) is 0 Å². The Kier molecular flexibility index (Phi) is 3.50. The molecule has 0 aromatic heterocycles. The minimum atomic E-state index is -3.44. The lowest BCUT2D eigenvalue weighted by Crippen LogP contribution is -2.02.